The number of fused-ring (bicyclic) bond motifs is 1. The zero-order valence-corrected chi connectivity index (χ0v) is 25.7. The zero-order chi connectivity index (χ0) is 29.8. The van der Waals surface area contributed by atoms with Gasteiger partial charge in [0.25, 0.3) is 0 Å². The van der Waals surface area contributed by atoms with Gasteiger partial charge in [-0.3, -0.25) is 19.5 Å². The normalized spacial score (nSPS) is 18.4. The number of ether oxygens (including phenoxy) is 2. The van der Waals surface area contributed by atoms with Gasteiger partial charge in [0.05, 0.1) is 26.5 Å². The summed E-state index contributed by atoms with van der Waals surface area (Å²) in [5.41, 5.74) is 1.03. The summed E-state index contributed by atoms with van der Waals surface area (Å²) in [6.07, 6.45) is 10.3. The number of urea groups is 1. The molecule has 5 rings (SSSR count). The van der Waals surface area contributed by atoms with Gasteiger partial charge in [0.1, 0.15) is 27.4 Å². The van der Waals surface area contributed by atoms with E-state index in [1.165, 1.54) is 38.4 Å². The molecule has 0 aliphatic carbocycles. The average molecular weight is 619 g/mol. The monoisotopic (exact) mass is 617 g/mol. The van der Waals surface area contributed by atoms with E-state index in [2.05, 4.69) is 20.2 Å². The number of hydrogen-bond acceptors (Lipinski definition) is 8. The number of piperidine rings is 2. The predicted molar refractivity (Wildman–Crippen MR) is 164 cm³/mol. The molecule has 2 saturated heterocycles. The van der Waals surface area contributed by atoms with Crippen molar-refractivity contribution in [1.29, 1.82) is 0 Å². The van der Waals surface area contributed by atoms with Crippen molar-refractivity contribution in [1.82, 2.24) is 19.8 Å². The van der Waals surface area contributed by atoms with Gasteiger partial charge in [-0.25, -0.2) is 9.78 Å². The van der Waals surface area contributed by atoms with Gasteiger partial charge in [0.2, 0.25) is 11.9 Å². The number of rotatable bonds is 8. The van der Waals surface area contributed by atoms with Crippen LogP contribution in [0.15, 0.2) is 24.4 Å². The van der Waals surface area contributed by atoms with Crippen LogP contribution in [0.2, 0.25) is 10.0 Å². The van der Waals surface area contributed by atoms with Crippen LogP contribution in [0.3, 0.4) is 0 Å². The minimum Gasteiger partial charge on any atom is -0.495 e. The quantitative estimate of drug-likeness (QED) is 0.420. The third-order valence-corrected chi connectivity index (χ3v) is 8.82. The van der Waals surface area contributed by atoms with Crippen LogP contribution in [0, 0.1) is 0 Å². The molecule has 3 amide bonds. The Bertz CT molecular complexity index is 1320. The lowest BCUT2D eigenvalue weighted by molar-refractivity contribution is -0.127. The number of carbonyl (C=O) groups is 2. The van der Waals surface area contributed by atoms with Crippen molar-refractivity contribution >= 4 is 52.6 Å². The fourth-order valence-electron chi connectivity index (χ4n) is 5.80. The van der Waals surface area contributed by atoms with E-state index < -0.39 is 0 Å². The number of likely N-dealkylation sites (tertiary alicyclic amines) is 2. The van der Waals surface area contributed by atoms with E-state index in [0.29, 0.717) is 54.9 Å². The first-order valence-electron chi connectivity index (χ1n) is 14.3. The second kappa shape index (κ2) is 13.4. The van der Waals surface area contributed by atoms with Crippen LogP contribution in [0.5, 0.6) is 11.5 Å². The molecular weight excluding hydrogens is 581 g/mol. The maximum absolute atomic E-state index is 14.3. The van der Waals surface area contributed by atoms with Crippen LogP contribution in [0.4, 0.5) is 22.2 Å². The fourth-order valence-corrected chi connectivity index (χ4v) is 6.51. The van der Waals surface area contributed by atoms with E-state index in [9.17, 15) is 9.59 Å². The molecule has 0 spiro atoms. The highest BCUT2D eigenvalue weighted by atomic mass is 35.5. The Kier molecular flexibility index (Phi) is 9.60. The summed E-state index contributed by atoms with van der Waals surface area (Å²) in [5, 5.41) is 3.36. The van der Waals surface area contributed by atoms with E-state index in [-0.39, 0.29) is 34.6 Å². The third-order valence-electron chi connectivity index (χ3n) is 8.09. The maximum atomic E-state index is 14.3. The van der Waals surface area contributed by atoms with Gasteiger partial charge < -0.3 is 19.7 Å². The molecule has 0 bridgehead atoms. The Labute approximate surface area is 256 Å². The van der Waals surface area contributed by atoms with Crippen LogP contribution in [0.25, 0.3) is 0 Å². The Hall–Kier alpha value is -3.28. The van der Waals surface area contributed by atoms with Gasteiger partial charge in [0, 0.05) is 56.6 Å². The minimum absolute atomic E-state index is 0.000657. The van der Waals surface area contributed by atoms with Crippen molar-refractivity contribution < 1.29 is 19.1 Å². The van der Waals surface area contributed by atoms with E-state index in [4.69, 9.17) is 32.7 Å². The second-order valence-electron chi connectivity index (χ2n) is 10.6. The molecule has 4 heterocycles. The molecule has 0 atom stereocenters. The van der Waals surface area contributed by atoms with Crippen molar-refractivity contribution in [2.45, 2.75) is 44.7 Å². The number of benzene rings is 1. The molecule has 3 aliphatic heterocycles. The molecule has 1 aromatic heterocycles. The largest absolute Gasteiger partial charge is 0.495 e. The van der Waals surface area contributed by atoms with Gasteiger partial charge in [-0.2, -0.15) is 4.98 Å². The van der Waals surface area contributed by atoms with Crippen molar-refractivity contribution in [3.05, 3.63) is 40.0 Å². The van der Waals surface area contributed by atoms with Crippen molar-refractivity contribution in [3.8, 4) is 11.5 Å². The molecule has 3 aliphatic rings. The smallest absolute Gasteiger partial charge is 0.330 e. The van der Waals surface area contributed by atoms with Gasteiger partial charge in [-0.15, -0.1) is 0 Å². The first-order valence-corrected chi connectivity index (χ1v) is 15.0. The summed E-state index contributed by atoms with van der Waals surface area (Å²) in [7, 11) is 4.71. The Balaban J connectivity index is 1.38. The summed E-state index contributed by atoms with van der Waals surface area (Å²) < 4.78 is 10.9. The molecule has 42 heavy (non-hydrogen) atoms. The summed E-state index contributed by atoms with van der Waals surface area (Å²) in [5.74, 6) is 1.61. The lowest BCUT2D eigenvalue weighted by atomic mass is 10.0. The molecule has 1 aromatic carbocycles. The molecule has 2 fully saturated rings. The van der Waals surface area contributed by atoms with E-state index in [1.807, 2.05) is 11.0 Å². The highest BCUT2D eigenvalue weighted by Crippen LogP contribution is 2.48. The van der Waals surface area contributed by atoms with Crippen LogP contribution in [-0.2, 0) is 11.3 Å². The van der Waals surface area contributed by atoms with Gasteiger partial charge >= 0.3 is 6.03 Å². The standard InChI is InChI=1S/C29H37Cl2N7O4/c1-32-28-33-17-19-18-37(26-24(30)21(41-2)16-22(42-3)25(26)31)29(40)38(27(19)34-28)20-9-14-36(15-10-20)23(39)8-7-13-35-11-5-4-6-12-35/h7-8,16-17,20H,4-6,9-15,18H2,1-3H3,(H,32,33,34). The van der Waals surface area contributed by atoms with Gasteiger partial charge in [0.15, 0.2) is 0 Å². The lowest BCUT2D eigenvalue weighted by Gasteiger charge is -2.43. The molecule has 0 unspecified atom stereocenters. The number of nitrogens with one attached hydrogen (secondary N) is 1. The topological polar surface area (TPSA) is 103 Å². The Morgan fingerprint density at radius 3 is 2.36 bits per heavy atom. The number of halogens is 2. The Morgan fingerprint density at radius 1 is 1.07 bits per heavy atom. The number of carbonyl (C=O) groups excluding carboxylic acids is 2. The highest BCUT2D eigenvalue weighted by molar-refractivity contribution is 6.42. The summed E-state index contributed by atoms with van der Waals surface area (Å²) >= 11 is 13.4. The van der Waals surface area contributed by atoms with Crippen LogP contribution in [-0.4, -0.2) is 91.7 Å². The van der Waals surface area contributed by atoms with Gasteiger partial charge in [-0.05, 0) is 38.8 Å². The molecular formula is C29H37Cl2N7O4. The number of nitrogens with zero attached hydrogens (tertiary/aromatic N) is 6. The molecule has 13 heteroatoms. The zero-order valence-electron chi connectivity index (χ0n) is 24.2. The average Bonchev–Trinajstić information content (AvgIpc) is 3.02. The number of aromatic nitrogens is 2. The van der Waals surface area contributed by atoms with Gasteiger partial charge in [-0.1, -0.05) is 35.7 Å². The van der Waals surface area contributed by atoms with E-state index in [0.717, 1.165) is 25.2 Å². The van der Waals surface area contributed by atoms with Crippen LogP contribution >= 0.6 is 23.2 Å². The predicted octanol–water partition coefficient (Wildman–Crippen LogP) is 4.82. The van der Waals surface area contributed by atoms with Crippen LogP contribution < -0.4 is 24.6 Å². The molecule has 226 valence electrons. The number of amides is 3. The second-order valence-corrected chi connectivity index (χ2v) is 11.4. The molecule has 0 saturated carbocycles. The highest BCUT2D eigenvalue weighted by Gasteiger charge is 2.41. The SMILES string of the molecule is CNc1ncc2c(n1)N(C1CCN(C(=O)C=CCN3CCCCC3)CC1)C(=O)N(c1c(Cl)c(OC)cc(OC)c1Cl)C2. The van der Waals surface area contributed by atoms with Crippen molar-refractivity contribution in [2.75, 3.05) is 69.1 Å². The lowest BCUT2D eigenvalue weighted by Crippen LogP contribution is -2.55. The third kappa shape index (κ3) is 6.09. The Morgan fingerprint density at radius 2 is 1.74 bits per heavy atom. The fraction of sp³-hybridized carbons (Fsp3) is 0.517. The summed E-state index contributed by atoms with van der Waals surface area (Å²) in [4.78, 5) is 43.7. The van der Waals surface area contributed by atoms with Crippen molar-refractivity contribution in [3.63, 3.8) is 0 Å². The number of methoxy groups -OCH3 is 2. The number of anilines is 3. The summed E-state index contributed by atoms with van der Waals surface area (Å²) in [6.45, 7) is 4.17. The van der Waals surface area contributed by atoms with E-state index >= 15 is 0 Å². The first kappa shape index (κ1) is 30.2. The summed E-state index contributed by atoms with van der Waals surface area (Å²) in [6, 6.07) is 1.06. The minimum atomic E-state index is -0.325. The first-order chi connectivity index (χ1) is 20.4. The van der Waals surface area contributed by atoms with E-state index in [1.54, 1.807) is 30.3 Å². The van der Waals surface area contributed by atoms with Crippen molar-refractivity contribution in [2.24, 2.45) is 0 Å². The molecule has 11 nitrogen and oxygen atoms in total. The molecule has 0 radical (unpaired) electrons. The molecule has 1 N–H and O–H groups in total. The molecule has 2 aromatic rings. The maximum Gasteiger partial charge on any atom is 0.330 e. The number of hydrogen-bond donors (Lipinski definition) is 1. The van der Waals surface area contributed by atoms with Crippen LogP contribution in [0.1, 0.15) is 37.7 Å².